The first kappa shape index (κ1) is 13.5. The fraction of sp³-hybridized carbons (Fsp3) is 0.294. The van der Waals surface area contributed by atoms with Crippen molar-refractivity contribution in [3.8, 4) is 5.75 Å². The van der Waals surface area contributed by atoms with Crippen LogP contribution in [0.1, 0.15) is 23.1 Å². The Hall–Kier alpha value is -1.51. The molecule has 1 aliphatic rings. The van der Waals surface area contributed by atoms with Crippen molar-refractivity contribution in [2.75, 3.05) is 19.0 Å². The molecule has 2 aromatic rings. The second kappa shape index (κ2) is 6.29. The summed E-state index contributed by atoms with van der Waals surface area (Å²) in [6, 6.07) is 18.8. The molecule has 2 nitrogen and oxygen atoms in total. The van der Waals surface area contributed by atoms with Crippen molar-refractivity contribution >= 4 is 11.6 Å². The lowest BCUT2D eigenvalue weighted by Crippen LogP contribution is -2.28. The van der Waals surface area contributed by atoms with E-state index in [1.807, 2.05) is 30.3 Å². The fourth-order valence-electron chi connectivity index (χ4n) is 2.63. The fourth-order valence-corrected chi connectivity index (χ4v) is 2.92. The highest BCUT2D eigenvalue weighted by atomic mass is 35.5. The van der Waals surface area contributed by atoms with E-state index in [1.165, 1.54) is 11.1 Å². The van der Waals surface area contributed by atoms with Gasteiger partial charge in [0, 0.05) is 29.9 Å². The minimum Gasteiger partial charge on any atom is -0.493 e. The summed E-state index contributed by atoms with van der Waals surface area (Å²) in [5.41, 5.74) is 2.52. The summed E-state index contributed by atoms with van der Waals surface area (Å²) < 4.78 is 5.71. The van der Waals surface area contributed by atoms with Crippen LogP contribution >= 0.6 is 11.6 Å². The molecule has 0 aromatic heterocycles. The first-order chi connectivity index (χ1) is 9.88. The van der Waals surface area contributed by atoms with Crippen molar-refractivity contribution in [3.63, 3.8) is 0 Å². The number of hydrogen-bond acceptors (Lipinski definition) is 2. The number of hydrogen-bond donors (Lipinski definition) is 1. The van der Waals surface area contributed by atoms with Gasteiger partial charge in [-0.3, -0.25) is 0 Å². The molecule has 20 heavy (non-hydrogen) atoms. The molecule has 1 heterocycles. The topological polar surface area (TPSA) is 21.3 Å². The van der Waals surface area contributed by atoms with Crippen molar-refractivity contribution in [3.05, 3.63) is 65.7 Å². The molecular weight excluding hydrogens is 270 g/mol. The molecular formula is C17H18ClNO. The Kier molecular flexibility index (Phi) is 4.24. The monoisotopic (exact) mass is 287 g/mol. The van der Waals surface area contributed by atoms with Gasteiger partial charge in [-0.05, 0) is 11.6 Å². The first-order valence-electron chi connectivity index (χ1n) is 6.94. The quantitative estimate of drug-likeness (QED) is 0.846. The van der Waals surface area contributed by atoms with Crippen LogP contribution in [0, 0.1) is 0 Å². The van der Waals surface area contributed by atoms with E-state index in [1.54, 1.807) is 0 Å². The molecule has 2 unspecified atom stereocenters. The Morgan fingerprint density at radius 1 is 1.10 bits per heavy atom. The van der Waals surface area contributed by atoms with Gasteiger partial charge in [0.05, 0.1) is 6.61 Å². The van der Waals surface area contributed by atoms with E-state index in [9.17, 15) is 0 Å². The molecule has 1 aliphatic heterocycles. The third-order valence-corrected chi connectivity index (χ3v) is 4.07. The molecule has 0 fully saturated rings. The van der Waals surface area contributed by atoms with E-state index in [2.05, 4.69) is 29.6 Å². The molecule has 0 saturated heterocycles. The highest BCUT2D eigenvalue weighted by molar-refractivity contribution is 6.18. The van der Waals surface area contributed by atoms with E-state index in [0.29, 0.717) is 11.8 Å². The lowest BCUT2D eigenvalue weighted by molar-refractivity contribution is 0.323. The second-order valence-corrected chi connectivity index (χ2v) is 5.38. The average Bonchev–Trinajstić information content (AvgIpc) is 2.92. The summed E-state index contributed by atoms with van der Waals surface area (Å²) in [5.74, 6) is 1.99. The van der Waals surface area contributed by atoms with Crippen LogP contribution < -0.4 is 10.1 Å². The van der Waals surface area contributed by atoms with Gasteiger partial charge < -0.3 is 10.1 Å². The summed E-state index contributed by atoms with van der Waals surface area (Å²) in [7, 11) is 0. The van der Waals surface area contributed by atoms with Gasteiger partial charge in [-0.1, -0.05) is 48.5 Å². The SMILES string of the molecule is ClCC(NCC1COc2ccccc21)c1ccccc1. The highest BCUT2D eigenvalue weighted by Crippen LogP contribution is 2.33. The summed E-state index contributed by atoms with van der Waals surface area (Å²) in [4.78, 5) is 0. The van der Waals surface area contributed by atoms with Crippen LogP contribution in [0.15, 0.2) is 54.6 Å². The maximum Gasteiger partial charge on any atom is 0.122 e. The van der Waals surface area contributed by atoms with E-state index >= 15 is 0 Å². The zero-order chi connectivity index (χ0) is 13.8. The van der Waals surface area contributed by atoms with Crippen LogP contribution in [0.3, 0.4) is 0 Å². The van der Waals surface area contributed by atoms with Crippen molar-refractivity contribution in [2.24, 2.45) is 0 Å². The standard InChI is InChI=1S/C17H18ClNO/c18-10-16(13-6-2-1-3-7-13)19-11-14-12-20-17-9-5-4-8-15(14)17/h1-9,14,16,19H,10-12H2. The smallest absolute Gasteiger partial charge is 0.122 e. The van der Waals surface area contributed by atoms with E-state index in [-0.39, 0.29) is 6.04 Å². The summed E-state index contributed by atoms with van der Waals surface area (Å²) >= 11 is 6.09. The zero-order valence-corrected chi connectivity index (χ0v) is 12.0. The minimum atomic E-state index is 0.186. The predicted octanol–water partition coefficient (Wildman–Crippen LogP) is 3.73. The molecule has 0 bridgehead atoms. The third-order valence-electron chi connectivity index (χ3n) is 3.77. The van der Waals surface area contributed by atoms with Crippen molar-refractivity contribution in [1.82, 2.24) is 5.32 Å². The van der Waals surface area contributed by atoms with Crippen LogP contribution in [0.5, 0.6) is 5.75 Å². The van der Waals surface area contributed by atoms with Crippen LogP contribution in [-0.2, 0) is 0 Å². The van der Waals surface area contributed by atoms with Crippen LogP contribution in [0.2, 0.25) is 0 Å². The summed E-state index contributed by atoms with van der Waals surface area (Å²) in [6.45, 7) is 1.62. The van der Waals surface area contributed by atoms with Gasteiger partial charge in [-0.15, -0.1) is 11.6 Å². The zero-order valence-electron chi connectivity index (χ0n) is 11.3. The number of fused-ring (bicyclic) bond motifs is 1. The Balaban J connectivity index is 1.65. The molecule has 1 N–H and O–H groups in total. The van der Waals surface area contributed by atoms with Crippen molar-refractivity contribution in [1.29, 1.82) is 0 Å². The predicted molar refractivity (Wildman–Crippen MR) is 82.6 cm³/mol. The molecule has 2 aromatic carbocycles. The average molecular weight is 288 g/mol. The maximum absolute atomic E-state index is 6.09. The van der Waals surface area contributed by atoms with Gasteiger partial charge in [-0.25, -0.2) is 0 Å². The van der Waals surface area contributed by atoms with Crippen molar-refractivity contribution in [2.45, 2.75) is 12.0 Å². The van der Waals surface area contributed by atoms with Gasteiger partial charge >= 0.3 is 0 Å². The number of ether oxygens (including phenoxy) is 1. The normalized spacial score (nSPS) is 18.4. The van der Waals surface area contributed by atoms with Crippen LogP contribution in [0.4, 0.5) is 0 Å². The highest BCUT2D eigenvalue weighted by Gasteiger charge is 2.24. The molecule has 0 saturated carbocycles. The second-order valence-electron chi connectivity index (χ2n) is 5.07. The molecule has 0 aliphatic carbocycles. The molecule has 0 radical (unpaired) electrons. The lowest BCUT2D eigenvalue weighted by atomic mass is 10.0. The summed E-state index contributed by atoms with van der Waals surface area (Å²) in [6.07, 6.45) is 0. The molecule has 2 atom stereocenters. The molecule has 104 valence electrons. The van der Waals surface area contributed by atoms with E-state index in [4.69, 9.17) is 16.3 Å². The number of halogens is 1. The third kappa shape index (κ3) is 2.82. The first-order valence-corrected chi connectivity index (χ1v) is 7.48. The van der Waals surface area contributed by atoms with E-state index < -0.39 is 0 Å². The maximum atomic E-state index is 6.09. The van der Waals surface area contributed by atoms with Crippen LogP contribution in [0.25, 0.3) is 0 Å². The van der Waals surface area contributed by atoms with E-state index in [0.717, 1.165) is 18.9 Å². The number of para-hydroxylation sites is 1. The van der Waals surface area contributed by atoms with Gasteiger partial charge in [0.15, 0.2) is 0 Å². The minimum absolute atomic E-state index is 0.186. The number of rotatable bonds is 5. The molecule has 0 amide bonds. The van der Waals surface area contributed by atoms with Crippen LogP contribution in [-0.4, -0.2) is 19.0 Å². The van der Waals surface area contributed by atoms with Gasteiger partial charge in [0.2, 0.25) is 0 Å². The number of alkyl halides is 1. The lowest BCUT2D eigenvalue weighted by Gasteiger charge is -2.19. The largest absolute Gasteiger partial charge is 0.493 e. The molecule has 0 spiro atoms. The Morgan fingerprint density at radius 3 is 2.65 bits per heavy atom. The molecule has 3 heteroatoms. The van der Waals surface area contributed by atoms with Crippen molar-refractivity contribution < 1.29 is 4.74 Å². The molecule has 3 rings (SSSR count). The Labute approximate surface area is 124 Å². The van der Waals surface area contributed by atoms with Gasteiger partial charge in [0.1, 0.15) is 5.75 Å². The Bertz CT molecular complexity index is 556. The number of benzene rings is 2. The van der Waals surface area contributed by atoms with Gasteiger partial charge in [0.25, 0.3) is 0 Å². The summed E-state index contributed by atoms with van der Waals surface area (Å²) in [5, 5.41) is 3.56. The number of nitrogens with one attached hydrogen (secondary N) is 1. The van der Waals surface area contributed by atoms with Gasteiger partial charge in [-0.2, -0.15) is 0 Å². The Morgan fingerprint density at radius 2 is 1.85 bits per heavy atom.